The van der Waals surface area contributed by atoms with Crippen molar-refractivity contribution < 1.29 is 0 Å². The molecule has 1 atom stereocenters. The van der Waals surface area contributed by atoms with Crippen LogP contribution in [-0.2, 0) is 0 Å². The molecule has 0 amide bonds. The van der Waals surface area contributed by atoms with Gasteiger partial charge in [0.05, 0.1) is 17.5 Å². The minimum atomic E-state index is -0.215. The molecule has 102 valence electrons. The standard InChI is InChI=1S/C18H20N2/c1-13-4-5-15-11-16(7-6-14(15)10-13)17(20-2)18(12-19)8-3-9-18/h4-7,10-11,17,20H,3,8-9H2,1-2H3. The summed E-state index contributed by atoms with van der Waals surface area (Å²) in [7, 11) is 1.96. The van der Waals surface area contributed by atoms with Gasteiger partial charge in [-0.05, 0) is 49.2 Å². The largest absolute Gasteiger partial charge is 0.312 e. The first-order valence-electron chi connectivity index (χ1n) is 7.27. The Labute approximate surface area is 120 Å². The molecule has 0 spiro atoms. The molecule has 3 rings (SSSR count). The normalized spacial score (nSPS) is 18.2. The molecule has 2 heteroatoms. The van der Waals surface area contributed by atoms with Crippen molar-refractivity contribution in [2.45, 2.75) is 32.2 Å². The van der Waals surface area contributed by atoms with E-state index in [0.29, 0.717) is 0 Å². The first-order valence-corrected chi connectivity index (χ1v) is 7.27. The van der Waals surface area contributed by atoms with Crippen LogP contribution in [0.2, 0.25) is 0 Å². The van der Waals surface area contributed by atoms with Crippen LogP contribution in [0.1, 0.15) is 36.4 Å². The average Bonchev–Trinajstić information content (AvgIpc) is 2.42. The number of hydrogen-bond acceptors (Lipinski definition) is 2. The van der Waals surface area contributed by atoms with Gasteiger partial charge in [0.2, 0.25) is 0 Å². The molecule has 1 aliphatic carbocycles. The summed E-state index contributed by atoms with van der Waals surface area (Å²) in [5, 5.41) is 15.4. The van der Waals surface area contributed by atoms with Gasteiger partial charge < -0.3 is 5.32 Å². The topological polar surface area (TPSA) is 35.8 Å². The maximum absolute atomic E-state index is 9.56. The second kappa shape index (κ2) is 4.92. The second-order valence-corrected chi connectivity index (χ2v) is 5.95. The summed E-state index contributed by atoms with van der Waals surface area (Å²) >= 11 is 0. The predicted octanol–water partition coefficient (Wildman–Crippen LogP) is 4.10. The summed E-state index contributed by atoms with van der Waals surface area (Å²) < 4.78 is 0. The Morgan fingerprint density at radius 1 is 1.15 bits per heavy atom. The highest BCUT2D eigenvalue weighted by Gasteiger charge is 2.44. The van der Waals surface area contributed by atoms with Crippen LogP contribution < -0.4 is 5.32 Å². The van der Waals surface area contributed by atoms with Crippen LogP contribution >= 0.6 is 0 Å². The third-order valence-corrected chi connectivity index (χ3v) is 4.66. The van der Waals surface area contributed by atoms with Crippen molar-refractivity contribution in [3.8, 4) is 6.07 Å². The van der Waals surface area contributed by atoms with Crippen LogP contribution in [0.25, 0.3) is 10.8 Å². The Kier molecular flexibility index (Phi) is 3.23. The van der Waals surface area contributed by atoms with E-state index in [1.165, 1.54) is 28.3 Å². The fourth-order valence-corrected chi connectivity index (χ4v) is 3.35. The van der Waals surface area contributed by atoms with Crippen molar-refractivity contribution in [1.82, 2.24) is 5.32 Å². The van der Waals surface area contributed by atoms with E-state index in [1.54, 1.807) is 0 Å². The second-order valence-electron chi connectivity index (χ2n) is 5.95. The molecule has 0 saturated heterocycles. The summed E-state index contributed by atoms with van der Waals surface area (Å²) in [6, 6.07) is 15.8. The van der Waals surface area contributed by atoms with Crippen LogP contribution in [0.15, 0.2) is 36.4 Å². The number of nitrogens with one attached hydrogen (secondary N) is 1. The van der Waals surface area contributed by atoms with E-state index in [4.69, 9.17) is 0 Å². The van der Waals surface area contributed by atoms with Gasteiger partial charge in [0.15, 0.2) is 0 Å². The zero-order valence-corrected chi connectivity index (χ0v) is 12.1. The van der Waals surface area contributed by atoms with Gasteiger partial charge in [0, 0.05) is 0 Å². The molecule has 1 unspecified atom stereocenters. The number of aryl methyl sites for hydroxylation is 1. The van der Waals surface area contributed by atoms with Gasteiger partial charge >= 0.3 is 0 Å². The van der Waals surface area contributed by atoms with Crippen molar-refractivity contribution in [1.29, 1.82) is 5.26 Å². The Balaban J connectivity index is 2.04. The Morgan fingerprint density at radius 2 is 1.85 bits per heavy atom. The third-order valence-electron chi connectivity index (χ3n) is 4.66. The highest BCUT2D eigenvalue weighted by molar-refractivity contribution is 5.84. The SMILES string of the molecule is CNC(c1ccc2cc(C)ccc2c1)C1(C#N)CCC1. The van der Waals surface area contributed by atoms with Crippen LogP contribution in [-0.4, -0.2) is 7.05 Å². The van der Waals surface area contributed by atoms with Crippen LogP contribution in [0, 0.1) is 23.7 Å². The van der Waals surface area contributed by atoms with Crippen molar-refractivity contribution in [2.75, 3.05) is 7.05 Å². The maximum atomic E-state index is 9.56. The Morgan fingerprint density at radius 3 is 2.45 bits per heavy atom. The molecule has 2 nitrogen and oxygen atoms in total. The molecule has 1 saturated carbocycles. The summed E-state index contributed by atoms with van der Waals surface area (Å²) in [6.45, 7) is 2.11. The zero-order chi connectivity index (χ0) is 14.2. The smallest absolute Gasteiger partial charge is 0.0768 e. The lowest BCUT2D eigenvalue weighted by molar-refractivity contribution is 0.149. The predicted molar refractivity (Wildman–Crippen MR) is 82.4 cm³/mol. The molecule has 1 fully saturated rings. The number of nitrogens with zero attached hydrogens (tertiary/aromatic N) is 1. The van der Waals surface area contributed by atoms with Crippen LogP contribution in [0.5, 0.6) is 0 Å². The molecule has 0 radical (unpaired) electrons. The lowest BCUT2D eigenvalue weighted by Crippen LogP contribution is -2.40. The minimum Gasteiger partial charge on any atom is -0.312 e. The number of benzene rings is 2. The van der Waals surface area contributed by atoms with Crippen molar-refractivity contribution >= 4 is 10.8 Å². The van der Waals surface area contributed by atoms with Gasteiger partial charge in [-0.25, -0.2) is 0 Å². The summed E-state index contributed by atoms with van der Waals surface area (Å²) in [5.74, 6) is 0. The molecule has 0 heterocycles. The molecule has 2 aromatic rings. The molecule has 2 aromatic carbocycles. The van der Waals surface area contributed by atoms with Crippen molar-refractivity contribution in [2.24, 2.45) is 5.41 Å². The fraction of sp³-hybridized carbons (Fsp3) is 0.389. The monoisotopic (exact) mass is 264 g/mol. The van der Waals surface area contributed by atoms with E-state index >= 15 is 0 Å². The average molecular weight is 264 g/mol. The van der Waals surface area contributed by atoms with E-state index in [0.717, 1.165) is 12.8 Å². The van der Waals surface area contributed by atoms with Gasteiger partial charge in [0.25, 0.3) is 0 Å². The van der Waals surface area contributed by atoms with Crippen LogP contribution in [0.4, 0.5) is 0 Å². The maximum Gasteiger partial charge on any atom is 0.0768 e. The van der Waals surface area contributed by atoms with E-state index in [-0.39, 0.29) is 11.5 Å². The van der Waals surface area contributed by atoms with E-state index in [9.17, 15) is 5.26 Å². The third kappa shape index (κ3) is 1.99. The lowest BCUT2D eigenvalue weighted by atomic mass is 9.63. The fourth-order valence-electron chi connectivity index (χ4n) is 3.35. The zero-order valence-electron chi connectivity index (χ0n) is 12.1. The van der Waals surface area contributed by atoms with Gasteiger partial charge in [-0.3, -0.25) is 0 Å². The number of rotatable bonds is 3. The van der Waals surface area contributed by atoms with E-state index in [1.807, 2.05) is 7.05 Å². The number of fused-ring (bicyclic) bond motifs is 1. The van der Waals surface area contributed by atoms with Gasteiger partial charge in [0.1, 0.15) is 0 Å². The number of nitriles is 1. The minimum absolute atomic E-state index is 0.131. The van der Waals surface area contributed by atoms with Crippen molar-refractivity contribution in [3.63, 3.8) is 0 Å². The van der Waals surface area contributed by atoms with Gasteiger partial charge in [-0.1, -0.05) is 42.3 Å². The molecule has 1 aliphatic rings. The summed E-state index contributed by atoms with van der Waals surface area (Å²) in [4.78, 5) is 0. The Hall–Kier alpha value is -1.85. The quantitative estimate of drug-likeness (QED) is 0.905. The van der Waals surface area contributed by atoms with Gasteiger partial charge in [-0.2, -0.15) is 5.26 Å². The Bertz CT molecular complexity index is 677. The molecule has 0 bridgehead atoms. The molecule has 1 N–H and O–H groups in total. The molecule has 0 aromatic heterocycles. The first-order chi connectivity index (χ1) is 9.68. The van der Waals surface area contributed by atoms with Crippen LogP contribution in [0.3, 0.4) is 0 Å². The van der Waals surface area contributed by atoms with Gasteiger partial charge in [-0.15, -0.1) is 0 Å². The number of hydrogen-bond donors (Lipinski definition) is 1. The highest BCUT2D eigenvalue weighted by atomic mass is 14.9. The highest BCUT2D eigenvalue weighted by Crippen LogP contribution is 2.49. The summed E-state index contributed by atoms with van der Waals surface area (Å²) in [6.07, 6.45) is 3.17. The van der Waals surface area contributed by atoms with Crippen molar-refractivity contribution in [3.05, 3.63) is 47.5 Å². The van der Waals surface area contributed by atoms with E-state index < -0.39 is 0 Å². The summed E-state index contributed by atoms with van der Waals surface area (Å²) in [5.41, 5.74) is 2.29. The molecule has 0 aliphatic heterocycles. The molecule has 20 heavy (non-hydrogen) atoms. The molecular formula is C18H20N2. The lowest BCUT2D eigenvalue weighted by Gasteiger charge is -2.42. The first kappa shape index (κ1) is 13.1. The van der Waals surface area contributed by atoms with E-state index in [2.05, 4.69) is 54.7 Å². The molecular weight excluding hydrogens is 244 g/mol.